The Kier molecular flexibility index (Phi) is 2.57. The van der Waals surface area contributed by atoms with Gasteiger partial charge in [-0.25, -0.2) is 4.99 Å². The average Bonchev–Trinajstić information content (AvgIpc) is 2.62. The molecule has 0 radical (unpaired) electrons. The fraction of sp³-hybridized carbons (Fsp3) is 0.800. The van der Waals surface area contributed by atoms with E-state index in [4.69, 9.17) is 15.2 Å². The van der Waals surface area contributed by atoms with Crippen LogP contribution in [0.25, 0.3) is 0 Å². The van der Waals surface area contributed by atoms with Crippen LogP contribution < -0.4 is 10.7 Å². The van der Waals surface area contributed by atoms with Crippen LogP contribution in [0, 0.1) is 44.8 Å². The number of fused-ring (bicyclic) bond motifs is 2. The second kappa shape index (κ2) is 3.76. The molecule has 0 bridgehead atoms. The standard InChI is InChI=1S/C15H20N4O2/c1-9(2)5-12(4)13(7-16)11(18)19-15(14(12,13)8-17)20-6-10(3)21-15/h9-10H,5-6H2,1-4H3,(H2,18,19)/p+1/t10-,12+,13+,14-,15+/m1/s1. The lowest BCUT2D eigenvalue weighted by molar-refractivity contribution is -0.680. The Hall–Kier alpha value is -1.63. The lowest BCUT2D eigenvalue weighted by Crippen LogP contribution is -2.90. The van der Waals surface area contributed by atoms with Crippen molar-refractivity contribution < 1.29 is 14.5 Å². The van der Waals surface area contributed by atoms with Gasteiger partial charge in [0.25, 0.3) is 5.84 Å². The topological polar surface area (TPSA) is 106 Å². The van der Waals surface area contributed by atoms with Gasteiger partial charge in [0.15, 0.2) is 10.8 Å². The summed E-state index contributed by atoms with van der Waals surface area (Å²) in [6.07, 6.45) is 0.563. The van der Waals surface area contributed by atoms with Gasteiger partial charge in [-0.1, -0.05) is 20.8 Å². The van der Waals surface area contributed by atoms with E-state index < -0.39 is 22.2 Å². The molecule has 2 aliphatic heterocycles. The Morgan fingerprint density at radius 3 is 2.52 bits per heavy atom. The van der Waals surface area contributed by atoms with Gasteiger partial charge in [0.05, 0.1) is 24.8 Å². The molecule has 3 N–H and O–H groups in total. The first kappa shape index (κ1) is 14.3. The van der Waals surface area contributed by atoms with Gasteiger partial charge in [-0.3, -0.25) is 5.73 Å². The van der Waals surface area contributed by atoms with Crippen LogP contribution in [0.3, 0.4) is 0 Å². The molecule has 0 aromatic heterocycles. The van der Waals surface area contributed by atoms with Crippen molar-refractivity contribution in [2.75, 3.05) is 6.61 Å². The SMILES string of the molecule is CC(C)C[C@@]1(C)[C@]2(C#N)C(N)=[NH+][C@]3(OC[C@@H](C)O3)[C@]12C#N. The molecule has 1 saturated carbocycles. The number of nitriles is 2. The van der Waals surface area contributed by atoms with Gasteiger partial charge in [-0.15, -0.1) is 0 Å². The molecule has 112 valence electrons. The summed E-state index contributed by atoms with van der Waals surface area (Å²) in [5, 5.41) is 19.8. The number of nitrogens with one attached hydrogen (secondary N) is 1. The summed E-state index contributed by atoms with van der Waals surface area (Å²) in [7, 11) is 0. The molecule has 1 aliphatic carbocycles. The number of rotatable bonds is 2. The van der Waals surface area contributed by atoms with E-state index in [-0.39, 0.29) is 6.10 Å². The van der Waals surface area contributed by atoms with E-state index in [1.54, 1.807) is 0 Å². The zero-order chi connectivity index (χ0) is 15.7. The molecule has 1 spiro atoms. The number of hydrogen-bond acceptors (Lipinski definition) is 5. The molecular formula is C15H21N4O2+. The van der Waals surface area contributed by atoms with Crippen molar-refractivity contribution in [1.82, 2.24) is 0 Å². The van der Waals surface area contributed by atoms with Crippen LogP contribution in [0.15, 0.2) is 0 Å². The molecule has 0 amide bonds. The van der Waals surface area contributed by atoms with E-state index in [0.29, 0.717) is 24.8 Å². The van der Waals surface area contributed by atoms with Gasteiger partial charge in [0.1, 0.15) is 0 Å². The summed E-state index contributed by atoms with van der Waals surface area (Å²) in [5.74, 6) is -0.673. The summed E-state index contributed by atoms with van der Waals surface area (Å²) in [5.41, 5.74) is 3.39. The number of amidine groups is 1. The van der Waals surface area contributed by atoms with Crippen molar-refractivity contribution in [2.45, 2.75) is 46.1 Å². The highest BCUT2D eigenvalue weighted by molar-refractivity contribution is 5.94. The number of hydrogen-bond donors (Lipinski definition) is 2. The minimum absolute atomic E-state index is 0.145. The van der Waals surface area contributed by atoms with Crippen molar-refractivity contribution in [3.05, 3.63) is 0 Å². The van der Waals surface area contributed by atoms with Gasteiger partial charge in [-0.2, -0.15) is 10.5 Å². The van der Waals surface area contributed by atoms with Crippen molar-refractivity contribution in [3.63, 3.8) is 0 Å². The highest BCUT2D eigenvalue weighted by atomic mass is 16.8. The van der Waals surface area contributed by atoms with E-state index in [1.165, 1.54) is 0 Å². The Labute approximate surface area is 124 Å². The van der Waals surface area contributed by atoms with Crippen LogP contribution in [0.5, 0.6) is 0 Å². The maximum absolute atomic E-state index is 9.97. The molecule has 6 nitrogen and oxygen atoms in total. The molecule has 0 unspecified atom stereocenters. The van der Waals surface area contributed by atoms with Crippen LogP contribution in [-0.2, 0) is 9.47 Å². The summed E-state index contributed by atoms with van der Waals surface area (Å²) in [4.78, 5) is 2.98. The van der Waals surface area contributed by atoms with Crippen molar-refractivity contribution in [2.24, 2.45) is 27.9 Å². The smallest absolute Gasteiger partial charge is 0.311 e. The highest BCUT2D eigenvalue weighted by Crippen LogP contribution is 2.84. The third-order valence-corrected chi connectivity index (χ3v) is 5.39. The maximum Gasteiger partial charge on any atom is 0.343 e. The maximum atomic E-state index is 9.97. The third-order valence-electron chi connectivity index (χ3n) is 5.39. The van der Waals surface area contributed by atoms with E-state index in [9.17, 15) is 10.5 Å². The Morgan fingerprint density at radius 2 is 2.10 bits per heavy atom. The van der Waals surface area contributed by atoms with Gasteiger partial charge in [0, 0.05) is 5.41 Å². The largest absolute Gasteiger partial charge is 0.343 e. The van der Waals surface area contributed by atoms with E-state index in [0.717, 1.165) is 0 Å². The molecule has 5 atom stereocenters. The summed E-state index contributed by atoms with van der Waals surface area (Å²) in [6, 6.07) is 4.66. The Bertz CT molecular complexity index is 618. The normalized spacial score (nSPS) is 50.6. The van der Waals surface area contributed by atoms with Gasteiger partial charge in [-0.05, 0) is 19.3 Å². The first-order chi connectivity index (χ1) is 9.77. The summed E-state index contributed by atoms with van der Waals surface area (Å²) < 4.78 is 11.8. The van der Waals surface area contributed by atoms with Gasteiger partial charge >= 0.3 is 5.91 Å². The fourth-order valence-corrected chi connectivity index (χ4v) is 4.78. The minimum Gasteiger partial charge on any atom is -0.311 e. The molecule has 0 aromatic rings. The third kappa shape index (κ3) is 1.15. The zero-order valence-electron chi connectivity index (χ0n) is 12.9. The molecule has 2 fully saturated rings. The fourth-order valence-electron chi connectivity index (χ4n) is 4.78. The van der Waals surface area contributed by atoms with Crippen LogP contribution >= 0.6 is 0 Å². The van der Waals surface area contributed by atoms with Crippen LogP contribution in [0.1, 0.15) is 34.1 Å². The van der Waals surface area contributed by atoms with Crippen molar-refractivity contribution >= 4 is 5.84 Å². The molecule has 1 saturated heterocycles. The molecule has 3 aliphatic rings. The summed E-state index contributed by atoms with van der Waals surface area (Å²) >= 11 is 0. The molecule has 3 rings (SSSR count). The van der Waals surface area contributed by atoms with E-state index in [2.05, 4.69) is 31.0 Å². The van der Waals surface area contributed by atoms with E-state index >= 15 is 0 Å². The van der Waals surface area contributed by atoms with Crippen LogP contribution in [0.2, 0.25) is 0 Å². The van der Waals surface area contributed by atoms with Crippen LogP contribution in [0.4, 0.5) is 0 Å². The van der Waals surface area contributed by atoms with Gasteiger partial charge < -0.3 is 9.47 Å². The molecule has 6 heteroatoms. The number of nitrogens with zero attached hydrogens (tertiary/aromatic N) is 2. The average molecular weight is 289 g/mol. The quantitative estimate of drug-likeness (QED) is 0.720. The Balaban J connectivity index is 2.20. The molecular weight excluding hydrogens is 268 g/mol. The van der Waals surface area contributed by atoms with Crippen molar-refractivity contribution in [1.29, 1.82) is 10.5 Å². The molecule has 0 aromatic carbocycles. The summed E-state index contributed by atoms with van der Waals surface area (Å²) in [6.45, 7) is 8.36. The second-order valence-corrected chi connectivity index (χ2v) is 7.05. The predicted octanol–water partition coefficient (Wildman–Crippen LogP) is -0.387. The van der Waals surface area contributed by atoms with E-state index in [1.807, 2.05) is 13.8 Å². The minimum atomic E-state index is -1.30. The Morgan fingerprint density at radius 1 is 1.43 bits per heavy atom. The van der Waals surface area contributed by atoms with Crippen LogP contribution in [-0.4, -0.2) is 24.5 Å². The number of nitrogens with two attached hydrogens (primary N) is 1. The van der Waals surface area contributed by atoms with Gasteiger partial charge in [0.2, 0.25) is 0 Å². The second-order valence-electron chi connectivity index (χ2n) is 7.05. The van der Waals surface area contributed by atoms with Crippen molar-refractivity contribution in [3.8, 4) is 12.1 Å². The molecule has 2 heterocycles. The first-order valence-electron chi connectivity index (χ1n) is 7.32. The first-order valence-corrected chi connectivity index (χ1v) is 7.32. The molecule has 21 heavy (non-hydrogen) atoms. The lowest BCUT2D eigenvalue weighted by atomic mass is 9.84. The lowest BCUT2D eigenvalue weighted by Gasteiger charge is -2.28. The number of ether oxygens (including phenoxy) is 2. The zero-order valence-corrected chi connectivity index (χ0v) is 12.9. The highest BCUT2D eigenvalue weighted by Gasteiger charge is 3.02. The predicted molar refractivity (Wildman–Crippen MR) is 73.0 cm³/mol. The monoisotopic (exact) mass is 289 g/mol.